The first-order valence-electron chi connectivity index (χ1n) is 5.31. The first-order valence-corrected chi connectivity index (χ1v) is 5.31. The second-order valence-electron chi connectivity index (χ2n) is 3.91. The van der Waals surface area contributed by atoms with Crippen molar-refractivity contribution < 1.29 is 9.59 Å². The molecule has 15 heavy (non-hydrogen) atoms. The number of hydrogen-bond acceptors (Lipinski definition) is 3. The van der Waals surface area contributed by atoms with Crippen molar-refractivity contribution in [3.8, 4) is 0 Å². The second kappa shape index (κ2) is 5.70. The van der Waals surface area contributed by atoms with Gasteiger partial charge in [-0.3, -0.25) is 9.59 Å². The molecule has 1 aliphatic rings. The third-order valence-electron chi connectivity index (χ3n) is 2.68. The molecule has 0 unspecified atom stereocenters. The Balaban J connectivity index is 2.40. The summed E-state index contributed by atoms with van der Waals surface area (Å²) in [5, 5.41) is 5.70. The quantitative estimate of drug-likeness (QED) is 0.644. The van der Waals surface area contributed by atoms with E-state index in [2.05, 4.69) is 10.6 Å². The summed E-state index contributed by atoms with van der Waals surface area (Å²) >= 11 is 0. The maximum absolute atomic E-state index is 11.9. The molecule has 0 aliphatic carbocycles. The van der Waals surface area contributed by atoms with Crippen molar-refractivity contribution in [1.29, 1.82) is 0 Å². The Hall–Kier alpha value is -1.10. The van der Waals surface area contributed by atoms with E-state index in [1.54, 1.807) is 14.1 Å². The summed E-state index contributed by atoms with van der Waals surface area (Å²) in [5.74, 6) is -0.0335. The van der Waals surface area contributed by atoms with Gasteiger partial charge in [-0.15, -0.1) is 0 Å². The molecule has 1 atom stereocenters. The van der Waals surface area contributed by atoms with Crippen LogP contribution in [0.4, 0.5) is 0 Å². The zero-order valence-corrected chi connectivity index (χ0v) is 9.38. The molecule has 0 aromatic carbocycles. The number of amides is 2. The van der Waals surface area contributed by atoms with Crippen molar-refractivity contribution in [3.05, 3.63) is 0 Å². The summed E-state index contributed by atoms with van der Waals surface area (Å²) in [5.41, 5.74) is 0. The molecule has 1 fully saturated rings. The van der Waals surface area contributed by atoms with Crippen LogP contribution in [0.25, 0.3) is 0 Å². The first-order chi connectivity index (χ1) is 7.15. The minimum Gasteiger partial charge on any atom is -0.358 e. The van der Waals surface area contributed by atoms with Crippen LogP contribution < -0.4 is 10.6 Å². The highest BCUT2D eigenvalue weighted by Gasteiger charge is 2.24. The third kappa shape index (κ3) is 3.51. The Bertz CT molecular complexity index is 237. The van der Waals surface area contributed by atoms with Crippen LogP contribution >= 0.6 is 0 Å². The highest BCUT2D eigenvalue weighted by atomic mass is 16.2. The summed E-state index contributed by atoms with van der Waals surface area (Å²) in [6.45, 7) is 1.87. The lowest BCUT2D eigenvalue weighted by atomic mass is 9.98. The molecule has 0 aromatic heterocycles. The molecule has 5 heteroatoms. The second-order valence-corrected chi connectivity index (χ2v) is 3.91. The van der Waals surface area contributed by atoms with Gasteiger partial charge in [-0.2, -0.15) is 0 Å². The molecule has 86 valence electrons. The van der Waals surface area contributed by atoms with Gasteiger partial charge in [-0.25, -0.2) is 0 Å². The van der Waals surface area contributed by atoms with Gasteiger partial charge in [0.25, 0.3) is 0 Å². The maximum atomic E-state index is 11.9. The van der Waals surface area contributed by atoms with Crippen LogP contribution in [0.1, 0.15) is 12.8 Å². The molecule has 2 amide bonds. The molecular formula is C10H19N3O2. The highest BCUT2D eigenvalue weighted by Crippen LogP contribution is 2.12. The zero-order chi connectivity index (χ0) is 11.3. The topological polar surface area (TPSA) is 61.4 Å². The minimum absolute atomic E-state index is 0.0356. The van der Waals surface area contributed by atoms with Crippen molar-refractivity contribution in [2.45, 2.75) is 12.8 Å². The average molecular weight is 213 g/mol. The maximum Gasteiger partial charge on any atom is 0.239 e. The molecule has 0 radical (unpaired) electrons. The molecule has 2 N–H and O–H groups in total. The largest absolute Gasteiger partial charge is 0.358 e. The molecule has 1 rings (SSSR count). The van der Waals surface area contributed by atoms with E-state index in [0.29, 0.717) is 0 Å². The van der Waals surface area contributed by atoms with E-state index in [-0.39, 0.29) is 24.3 Å². The van der Waals surface area contributed by atoms with Gasteiger partial charge in [0.1, 0.15) is 0 Å². The molecule has 5 nitrogen and oxygen atoms in total. The lowest BCUT2D eigenvalue weighted by molar-refractivity contribution is -0.138. The number of carbonyl (C=O) groups excluding carboxylic acids is 2. The summed E-state index contributed by atoms with van der Waals surface area (Å²) in [4.78, 5) is 24.4. The van der Waals surface area contributed by atoms with E-state index in [9.17, 15) is 9.59 Å². The number of piperidine rings is 1. The molecule has 0 spiro atoms. The SMILES string of the molecule is CNC(=O)CN(C)C(=O)[C@H]1CCCNC1. The number of hydrogen-bond donors (Lipinski definition) is 2. The van der Waals surface area contributed by atoms with E-state index in [4.69, 9.17) is 0 Å². The standard InChI is InChI=1S/C10H19N3O2/c1-11-9(14)7-13(2)10(15)8-4-3-5-12-6-8/h8,12H,3-7H2,1-2H3,(H,11,14)/t8-/m0/s1. The van der Waals surface area contributed by atoms with Crippen LogP contribution in [0.2, 0.25) is 0 Å². The predicted molar refractivity (Wildman–Crippen MR) is 57.3 cm³/mol. The minimum atomic E-state index is -0.130. The Morgan fingerprint density at radius 2 is 2.27 bits per heavy atom. The van der Waals surface area contributed by atoms with Crippen molar-refractivity contribution in [3.63, 3.8) is 0 Å². The Morgan fingerprint density at radius 3 is 2.80 bits per heavy atom. The van der Waals surface area contributed by atoms with Gasteiger partial charge in [0.2, 0.25) is 11.8 Å². The van der Waals surface area contributed by atoms with Gasteiger partial charge >= 0.3 is 0 Å². The number of nitrogens with one attached hydrogen (secondary N) is 2. The van der Waals surface area contributed by atoms with Crippen LogP contribution in [-0.4, -0.2) is 50.4 Å². The van der Waals surface area contributed by atoms with Crippen molar-refractivity contribution in [2.75, 3.05) is 33.7 Å². The van der Waals surface area contributed by atoms with Crippen molar-refractivity contribution in [2.24, 2.45) is 5.92 Å². The molecule has 1 heterocycles. The lowest BCUT2D eigenvalue weighted by Crippen LogP contribution is -2.44. The Labute approximate surface area is 90.2 Å². The summed E-state index contributed by atoms with van der Waals surface area (Å²) in [6, 6.07) is 0. The predicted octanol–water partition coefficient (Wildman–Crippen LogP) is -0.810. The van der Waals surface area contributed by atoms with Crippen LogP contribution in [0.5, 0.6) is 0 Å². The van der Waals surface area contributed by atoms with E-state index in [1.165, 1.54) is 4.90 Å². The van der Waals surface area contributed by atoms with Crippen LogP contribution in [0.15, 0.2) is 0 Å². The fraction of sp³-hybridized carbons (Fsp3) is 0.800. The summed E-state index contributed by atoms with van der Waals surface area (Å²) < 4.78 is 0. The highest BCUT2D eigenvalue weighted by molar-refractivity contribution is 5.85. The van der Waals surface area contributed by atoms with Gasteiger partial charge in [0.05, 0.1) is 12.5 Å². The zero-order valence-electron chi connectivity index (χ0n) is 9.38. The van der Waals surface area contributed by atoms with E-state index in [0.717, 1.165) is 25.9 Å². The Morgan fingerprint density at radius 1 is 1.53 bits per heavy atom. The lowest BCUT2D eigenvalue weighted by Gasteiger charge is -2.26. The molecule has 1 aliphatic heterocycles. The number of carbonyl (C=O) groups is 2. The van der Waals surface area contributed by atoms with E-state index < -0.39 is 0 Å². The fourth-order valence-corrected chi connectivity index (χ4v) is 1.75. The molecule has 0 aromatic rings. The van der Waals surface area contributed by atoms with Crippen LogP contribution in [0.3, 0.4) is 0 Å². The average Bonchev–Trinajstić information content (AvgIpc) is 2.29. The monoisotopic (exact) mass is 213 g/mol. The van der Waals surface area contributed by atoms with Gasteiger partial charge in [-0.1, -0.05) is 0 Å². The van der Waals surface area contributed by atoms with E-state index in [1.807, 2.05) is 0 Å². The third-order valence-corrected chi connectivity index (χ3v) is 2.68. The van der Waals surface area contributed by atoms with Gasteiger partial charge in [0, 0.05) is 20.6 Å². The first kappa shape index (κ1) is 12.0. The molecule has 0 bridgehead atoms. The number of rotatable bonds is 3. The molecular weight excluding hydrogens is 194 g/mol. The summed E-state index contributed by atoms with van der Waals surface area (Å²) in [6.07, 6.45) is 1.95. The van der Waals surface area contributed by atoms with Crippen LogP contribution in [0, 0.1) is 5.92 Å². The smallest absolute Gasteiger partial charge is 0.239 e. The van der Waals surface area contributed by atoms with Crippen molar-refractivity contribution in [1.82, 2.24) is 15.5 Å². The number of nitrogens with zero attached hydrogens (tertiary/aromatic N) is 1. The van der Waals surface area contributed by atoms with Gasteiger partial charge in [-0.05, 0) is 19.4 Å². The van der Waals surface area contributed by atoms with E-state index >= 15 is 0 Å². The fourth-order valence-electron chi connectivity index (χ4n) is 1.75. The van der Waals surface area contributed by atoms with Gasteiger partial charge in [0.15, 0.2) is 0 Å². The number of likely N-dealkylation sites (N-methyl/N-ethyl adjacent to an activating group) is 2. The van der Waals surface area contributed by atoms with Gasteiger partial charge < -0.3 is 15.5 Å². The van der Waals surface area contributed by atoms with Crippen molar-refractivity contribution >= 4 is 11.8 Å². The normalized spacial score (nSPS) is 20.8. The molecule has 0 saturated carbocycles. The Kier molecular flexibility index (Phi) is 4.55. The van der Waals surface area contributed by atoms with Crippen LogP contribution in [-0.2, 0) is 9.59 Å². The summed E-state index contributed by atoms with van der Waals surface area (Å²) in [7, 11) is 3.25. The molecule has 1 saturated heterocycles.